The number of anilines is 1. The monoisotopic (exact) mass is 332 g/mol. The van der Waals surface area contributed by atoms with Gasteiger partial charge in [-0.2, -0.15) is 0 Å². The van der Waals surface area contributed by atoms with E-state index in [0.29, 0.717) is 18.7 Å². The van der Waals surface area contributed by atoms with E-state index in [1.807, 2.05) is 0 Å². The molecule has 8 heteroatoms. The Balaban J connectivity index is 1.59. The number of pyridine rings is 1. The SMILES string of the molecule is Cc1cc([N+](=O)[O-])cnc1NC1CCC(N2C(=O)CCC2=O)CC1. The van der Waals surface area contributed by atoms with Crippen LogP contribution < -0.4 is 5.32 Å². The largest absolute Gasteiger partial charge is 0.367 e. The number of nitrogens with one attached hydrogen (secondary N) is 1. The first-order chi connectivity index (χ1) is 11.5. The molecule has 0 bridgehead atoms. The Morgan fingerprint density at radius 2 is 1.83 bits per heavy atom. The topological polar surface area (TPSA) is 105 Å². The molecule has 2 aliphatic rings. The number of aromatic nitrogens is 1. The normalized spacial score (nSPS) is 24.3. The van der Waals surface area contributed by atoms with Crippen molar-refractivity contribution in [2.45, 2.75) is 57.5 Å². The van der Waals surface area contributed by atoms with Crippen LogP contribution in [0.1, 0.15) is 44.1 Å². The van der Waals surface area contributed by atoms with Crippen molar-refractivity contribution in [3.05, 3.63) is 27.9 Å². The van der Waals surface area contributed by atoms with Crippen molar-refractivity contribution < 1.29 is 14.5 Å². The molecule has 0 radical (unpaired) electrons. The second-order valence-corrected chi connectivity index (χ2v) is 6.42. The number of rotatable bonds is 4. The third kappa shape index (κ3) is 3.22. The maximum Gasteiger partial charge on any atom is 0.287 e. The van der Waals surface area contributed by atoms with E-state index in [9.17, 15) is 19.7 Å². The molecule has 0 atom stereocenters. The Morgan fingerprint density at radius 1 is 1.21 bits per heavy atom. The van der Waals surface area contributed by atoms with Crippen molar-refractivity contribution in [1.82, 2.24) is 9.88 Å². The van der Waals surface area contributed by atoms with Crippen LogP contribution in [0.25, 0.3) is 0 Å². The summed E-state index contributed by atoms with van der Waals surface area (Å²) in [7, 11) is 0. The molecule has 1 saturated carbocycles. The molecule has 128 valence electrons. The smallest absolute Gasteiger partial charge is 0.287 e. The first kappa shape index (κ1) is 16.4. The molecule has 24 heavy (non-hydrogen) atoms. The summed E-state index contributed by atoms with van der Waals surface area (Å²) in [6.07, 6.45) is 5.15. The Hall–Kier alpha value is -2.51. The van der Waals surface area contributed by atoms with Crippen molar-refractivity contribution in [3.8, 4) is 0 Å². The summed E-state index contributed by atoms with van der Waals surface area (Å²) in [5, 5.41) is 14.1. The maximum atomic E-state index is 11.8. The Kier molecular flexibility index (Phi) is 4.46. The van der Waals surface area contributed by atoms with Crippen LogP contribution >= 0.6 is 0 Å². The summed E-state index contributed by atoms with van der Waals surface area (Å²) in [6.45, 7) is 1.79. The van der Waals surface area contributed by atoms with E-state index in [-0.39, 0.29) is 29.6 Å². The highest BCUT2D eigenvalue weighted by molar-refractivity contribution is 6.02. The molecule has 8 nitrogen and oxygen atoms in total. The maximum absolute atomic E-state index is 11.8. The predicted octanol–water partition coefficient (Wildman–Crippen LogP) is 2.17. The van der Waals surface area contributed by atoms with Crippen molar-refractivity contribution in [2.75, 3.05) is 5.32 Å². The molecule has 1 N–H and O–H groups in total. The summed E-state index contributed by atoms with van der Waals surface area (Å²) < 4.78 is 0. The number of amides is 2. The number of imide groups is 1. The summed E-state index contributed by atoms with van der Waals surface area (Å²) in [6, 6.07) is 1.71. The van der Waals surface area contributed by atoms with Crippen LogP contribution in [0.5, 0.6) is 0 Å². The van der Waals surface area contributed by atoms with Crippen LogP contribution in [0.2, 0.25) is 0 Å². The molecular formula is C16H20N4O4. The number of carbonyl (C=O) groups is 2. The van der Waals surface area contributed by atoms with Gasteiger partial charge in [-0.05, 0) is 38.2 Å². The zero-order valence-electron chi connectivity index (χ0n) is 13.5. The van der Waals surface area contributed by atoms with Gasteiger partial charge in [0, 0.05) is 31.0 Å². The van der Waals surface area contributed by atoms with Gasteiger partial charge in [0.05, 0.1) is 4.92 Å². The molecule has 2 heterocycles. The quantitative estimate of drug-likeness (QED) is 0.514. The van der Waals surface area contributed by atoms with Gasteiger partial charge in [0.25, 0.3) is 5.69 Å². The zero-order valence-corrected chi connectivity index (χ0v) is 13.5. The fraction of sp³-hybridized carbons (Fsp3) is 0.562. The Bertz CT molecular complexity index is 667. The second kappa shape index (κ2) is 6.54. The van der Waals surface area contributed by atoms with E-state index >= 15 is 0 Å². The van der Waals surface area contributed by atoms with Gasteiger partial charge in [-0.3, -0.25) is 24.6 Å². The number of nitrogens with zero attached hydrogens (tertiary/aromatic N) is 3. The average molecular weight is 332 g/mol. The molecule has 1 aliphatic carbocycles. The second-order valence-electron chi connectivity index (χ2n) is 6.42. The molecule has 0 aromatic carbocycles. The van der Waals surface area contributed by atoms with Crippen LogP contribution in [0, 0.1) is 17.0 Å². The summed E-state index contributed by atoms with van der Waals surface area (Å²) >= 11 is 0. The van der Waals surface area contributed by atoms with Crippen molar-refractivity contribution in [2.24, 2.45) is 0 Å². The summed E-state index contributed by atoms with van der Waals surface area (Å²) in [5.41, 5.74) is 0.712. The number of carbonyl (C=O) groups excluding carboxylic acids is 2. The van der Waals surface area contributed by atoms with E-state index in [4.69, 9.17) is 0 Å². The van der Waals surface area contributed by atoms with Crippen LogP contribution in [0.15, 0.2) is 12.3 Å². The minimum atomic E-state index is -0.459. The van der Waals surface area contributed by atoms with Crippen LogP contribution in [0.3, 0.4) is 0 Å². The van der Waals surface area contributed by atoms with E-state index < -0.39 is 4.92 Å². The highest BCUT2D eigenvalue weighted by Crippen LogP contribution is 2.29. The van der Waals surface area contributed by atoms with Gasteiger partial charge >= 0.3 is 0 Å². The number of hydrogen-bond acceptors (Lipinski definition) is 6. The number of likely N-dealkylation sites (tertiary alicyclic amines) is 1. The highest BCUT2D eigenvalue weighted by atomic mass is 16.6. The van der Waals surface area contributed by atoms with Crippen molar-refractivity contribution >= 4 is 23.3 Å². The van der Waals surface area contributed by atoms with Gasteiger partial charge in [0.1, 0.15) is 12.0 Å². The molecule has 1 aromatic rings. The molecule has 3 rings (SSSR count). The summed E-state index contributed by atoms with van der Waals surface area (Å²) in [4.78, 5) is 39.5. The lowest BCUT2D eigenvalue weighted by Gasteiger charge is -2.34. The van der Waals surface area contributed by atoms with Crippen LogP contribution in [-0.2, 0) is 9.59 Å². The fourth-order valence-corrected chi connectivity index (χ4v) is 3.48. The van der Waals surface area contributed by atoms with Crippen LogP contribution in [0.4, 0.5) is 11.5 Å². The van der Waals surface area contributed by atoms with Gasteiger partial charge in [-0.1, -0.05) is 0 Å². The molecule has 0 spiro atoms. The summed E-state index contributed by atoms with van der Waals surface area (Å²) in [5.74, 6) is 0.547. The number of nitro groups is 1. The van der Waals surface area contributed by atoms with Crippen molar-refractivity contribution in [3.63, 3.8) is 0 Å². The van der Waals surface area contributed by atoms with E-state index in [2.05, 4.69) is 10.3 Å². The minimum absolute atomic E-state index is 0.0106. The minimum Gasteiger partial charge on any atom is -0.367 e. The number of hydrogen-bond donors (Lipinski definition) is 1. The van der Waals surface area contributed by atoms with Gasteiger partial charge in [-0.15, -0.1) is 0 Å². The standard InChI is InChI=1S/C16H20N4O4/c1-10-8-13(20(23)24)9-17-16(10)18-11-2-4-12(5-3-11)19-14(21)6-7-15(19)22/h8-9,11-12H,2-7H2,1H3,(H,17,18). The van der Waals surface area contributed by atoms with Gasteiger partial charge in [0.15, 0.2) is 0 Å². The molecule has 2 fully saturated rings. The molecule has 1 saturated heterocycles. The van der Waals surface area contributed by atoms with E-state index in [1.54, 1.807) is 6.92 Å². The molecule has 0 unspecified atom stereocenters. The Morgan fingerprint density at radius 3 is 2.38 bits per heavy atom. The lowest BCUT2D eigenvalue weighted by atomic mass is 9.90. The third-order valence-electron chi connectivity index (χ3n) is 4.77. The lowest BCUT2D eigenvalue weighted by molar-refractivity contribution is -0.385. The average Bonchev–Trinajstić information content (AvgIpc) is 2.89. The first-order valence-corrected chi connectivity index (χ1v) is 8.18. The highest BCUT2D eigenvalue weighted by Gasteiger charge is 2.36. The number of aryl methyl sites for hydroxylation is 1. The van der Waals surface area contributed by atoms with E-state index in [1.165, 1.54) is 17.2 Å². The van der Waals surface area contributed by atoms with Crippen LogP contribution in [-0.4, -0.2) is 38.7 Å². The Labute approximate surface area is 139 Å². The first-order valence-electron chi connectivity index (χ1n) is 8.18. The van der Waals surface area contributed by atoms with Gasteiger partial charge < -0.3 is 5.32 Å². The fourth-order valence-electron chi connectivity index (χ4n) is 3.48. The molecule has 1 aromatic heterocycles. The molecule has 2 amide bonds. The lowest BCUT2D eigenvalue weighted by Crippen LogP contribution is -2.43. The van der Waals surface area contributed by atoms with Gasteiger partial charge in [-0.25, -0.2) is 4.98 Å². The van der Waals surface area contributed by atoms with E-state index in [0.717, 1.165) is 31.2 Å². The van der Waals surface area contributed by atoms with Crippen molar-refractivity contribution in [1.29, 1.82) is 0 Å². The zero-order chi connectivity index (χ0) is 17.3. The van der Waals surface area contributed by atoms with Gasteiger partial charge in [0.2, 0.25) is 11.8 Å². The molecular weight excluding hydrogens is 312 g/mol. The molecule has 1 aliphatic heterocycles. The predicted molar refractivity (Wildman–Crippen MR) is 86.4 cm³/mol. The third-order valence-corrected chi connectivity index (χ3v) is 4.77.